The Hall–Kier alpha value is -4.16. The smallest absolute Gasteiger partial charge is 0.258 e. The highest BCUT2D eigenvalue weighted by molar-refractivity contribution is 6.30. The van der Waals surface area contributed by atoms with E-state index in [1.165, 1.54) is 0 Å². The number of carbonyl (C=O) groups excluding carboxylic acids is 3. The zero-order valence-corrected chi connectivity index (χ0v) is 23.2. The van der Waals surface area contributed by atoms with Gasteiger partial charge in [-0.25, -0.2) is 0 Å². The monoisotopic (exact) mass is 553 g/mol. The number of hydrogen-bond acceptors (Lipinski definition) is 3. The van der Waals surface area contributed by atoms with E-state index in [-0.39, 0.29) is 30.7 Å². The van der Waals surface area contributed by atoms with Crippen LogP contribution in [-0.4, -0.2) is 41.8 Å². The van der Waals surface area contributed by atoms with Crippen LogP contribution in [0.5, 0.6) is 0 Å². The molecule has 1 N–H and O–H groups in total. The maximum Gasteiger partial charge on any atom is 0.258 e. The number of halogens is 1. The van der Waals surface area contributed by atoms with Gasteiger partial charge in [0, 0.05) is 48.4 Å². The Labute approximate surface area is 239 Å². The van der Waals surface area contributed by atoms with Gasteiger partial charge in [-0.3, -0.25) is 14.4 Å². The second kappa shape index (κ2) is 12.3. The lowest BCUT2D eigenvalue weighted by atomic mass is 10.0. The van der Waals surface area contributed by atoms with E-state index in [1.807, 2.05) is 91.9 Å². The van der Waals surface area contributed by atoms with Gasteiger partial charge >= 0.3 is 0 Å². The number of carbonyl (C=O) groups is 3. The Balaban J connectivity index is 1.36. The van der Waals surface area contributed by atoms with Crippen LogP contribution in [-0.2, 0) is 22.6 Å². The van der Waals surface area contributed by atoms with Gasteiger partial charge in [0.15, 0.2) is 0 Å². The Morgan fingerprint density at radius 1 is 0.925 bits per heavy atom. The fourth-order valence-electron chi connectivity index (χ4n) is 5.41. The molecule has 204 valence electrons. The summed E-state index contributed by atoms with van der Waals surface area (Å²) < 4.78 is 0. The van der Waals surface area contributed by atoms with Crippen LogP contribution < -0.4 is 10.2 Å². The van der Waals surface area contributed by atoms with E-state index < -0.39 is 6.04 Å². The lowest BCUT2D eigenvalue weighted by Crippen LogP contribution is -2.50. The van der Waals surface area contributed by atoms with Crippen LogP contribution in [0.25, 0.3) is 10.8 Å². The van der Waals surface area contributed by atoms with Gasteiger partial charge in [-0.1, -0.05) is 78.3 Å². The molecule has 0 saturated carbocycles. The zero-order chi connectivity index (χ0) is 28.1. The molecule has 0 aliphatic carbocycles. The summed E-state index contributed by atoms with van der Waals surface area (Å²) in [5.74, 6) is -0.382. The van der Waals surface area contributed by atoms with E-state index >= 15 is 0 Å². The average molecular weight is 554 g/mol. The molecule has 0 spiro atoms. The predicted molar refractivity (Wildman–Crippen MR) is 159 cm³/mol. The van der Waals surface area contributed by atoms with E-state index in [0.29, 0.717) is 36.5 Å². The Kier molecular flexibility index (Phi) is 8.46. The molecule has 0 saturated heterocycles. The standard InChI is InChI=1S/C33H32ClN3O3/c1-2-35-32(39)29(21-23-10-4-3-5-11-23)37(22-24-12-6-15-26(34)20-24)30(38)18-9-19-36-28-17-8-14-25-13-7-16-27(31(25)28)33(36)40/h3-8,10-17,20,29H,2,9,18-19,21-22H2,1H3,(H,35,39)/t29-/m0/s1. The predicted octanol–water partition coefficient (Wildman–Crippen LogP) is 6.01. The van der Waals surface area contributed by atoms with Crippen LogP contribution in [0, 0.1) is 0 Å². The summed E-state index contributed by atoms with van der Waals surface area (Å²) in [7, 11) is 0. The van der Waals surface area contributed by atoms with E-state index in [9.17, 15) is 14.4 Å². The van der Waals surface area contributed by atoms with Crippen molar-refractivity contribution in [1.29, 1.82) is 0 Å². The van der Waals surface area contributed by atoms with Gasteiger partial charge in [-0.05, 0) is 54.1 Å². The summed E-state index contributed by atoms with van der Waals surface area (Å²) in [6.45, 7) is 2.99. The molecule has 0 radical (unpaired) electrons. The summed E-state index contributed by atoms with van der Waals surface area (Å²) in [6.07, 6.45) is 1.05. The number of nitrogens with zero attached hydrogens (tertiary/aromatic N) is 2. The van der Waals surface area contributed by atoms with Crippen molar-refractivity contribution < 1.29 is 14.4 Å². The summed E-state index contributed by atoms with van der Waals surface area (Å²) in [5, 5.41) is 5.48. The lowest BCUT2D eigenvalue weighted by Gasteiger charge is -2.32. The number of rotatable bonds is 11. The number of benzene rings is 4. The normalized spacial score (nSPS) is 12.9. The summed E-state index contributed by atoms with van der Waals surface area (Å²) in [4.78, 5) is 43.8. The van der Waals surface area contributed by atoms with E-state index in [0.717, 1.165) is 27.6 Å². The van der Waals surface area contributed by atoms with Crippen molar-refractivity contribution in [2.45, 2.75) is 38.8 Å². The van der Waals surface area contributed by atoms with Crippen LogP contribution in [0.4, 0.5) is 5.69 Å². The molecule has 0 fully saturated rings. The Morgan fingerprint density at radius 3 is 2.40 bits per heavy atom. The molecule has 0 aromatic heterocycles. The third-order valence-electron chi connectivity index (χ3n) is 7.29. The fraction of sp³-hybridized carbons (Fsp3) is 0.242. The fourth-order valence-corrected chi connectivity index (χ4v) is 5.62. The number of likely N-dealkylation sites (N-methyl/N-ethyl adjacent to an activating group) is 1. The molecule has 0 unspecified atom stereocenters. The first-order chi connectivity index (χ1) is 19.5. The molecule has 40 heavy (non-hydrogen) atoms. The highest BCUT2D eigenvalue weighted by atomic mass is 35.5. The number of amides is 3. The van der Waals surface area contributed by atoms with Crippen molar-refractivity contribution in [2.24, 2.45) is 0 Å². The maximum absolute atomic E-state index is 13.8. The van der Waals surface area contributed by atoms with Crippen LogP contribution in [0.1, 0.15) is 41.3 Å². The summed E-state index contributed by atoms with van der Waals surface area (Å²) in [5.41, 5.74) is 3.39. The van der Waals surface area contributed by atoms with Gasteiger partial charge in [0.1, 0.15) is 6.04 Å². The van der Waals surface area contributed by atoms with Gasteiger partial charge in [0.2, 0.25) is 11.8 Å². The first-order valence-corrected chi connectivity index (χ1v) is 14.0. The Bertz CT molecular complexity index is 1530. The molecule has 7 heteroatoms. The number of nitrogens with one attached hydrogen (secondary N) is 1. The van der Waals surface area contributed by atoms with Crippen molar-refractivity contribution in [3.05, 3.63) is 113 Å². The van der Waals surface area contributed by atoms with E-state index in [1.54, 1.807) is 15.9 Å². The van der Waals surface area contributed by atoms with Crippen molar-refractivity contribution >= 4 is 45.8 Å². The molecule has 4 aromatic carbocycles. The first kappa shape index (κ1) is 27.4. The minimum absolute atomic E-state index is 0.0423. The van der Waals surface area contributed by atoms with E-state index in [4.69, 9.17) is 11.6 Å². The highest BCUT2D eigenvalue weighted by Crippen LogP contribution is 2.37. The molecule has 6 nitrogen and oxygen atoms in total. The minimum atomic E-state index is -0.694. The van der Waals surface area contributed by atoms with Crippen LogP contribution in [0.2, 0.25) is 5.02 Å². The molecule has 5 rings (SSSR count). The van der Waals surface area contributed by atoms with Crippen molar-refractivity contribution in [3.63, 3.8) is 0 Å². The number of hydrogen-bond donors (Lipinski definition) is 1. The highest BCUT2D eigenvalue weighted by Gasteiger charge is 2.32. The van der Waals surface area contributed by atoms with Gasteiger partial charge in [0.05, 0.1) is 5.69 Å². The van der Waals surface area contributed by atoms with Gasteiger partial charge in [-0.15, -0.1) is 0 Å². The average Bonchev–Trinajstić information content (AvgIpc) is 3.23. The molecule has 1 aliphatic heterocycles. The largest absolute Gasteiger partial charge is 0.355 e. The summed E-state index contributed by atoms with van der Waals surface area (Å²) in [6, 6.07) is 28.0. The van der Waals surface area contributed by atoms with Gasteiger partial charge in [0.25, 0.3) is 5.91 Å². The molecule has 3 amide bonds. The Morgan fingerprint density at radius 2 is 1.65 bits per heavy atom. The number of anilines is 1. The molecule has 1 aliphatic rings. The lowest BCUT2D eigenvalue weighted by molar-refractivity contribution is -0.141. The summed E-state index contributed by atoms with van der Waals surface area (Å²) >= 11 is 6.25. The topological polar surface area (TPSA) is 69.7 Å². The van der Waals surface area contributed by atoms with Crippen molar-refractivity contribution in [2.75, 3.05) is 18.0 Å². The minimum Gasteiger partial charge on any atom is -0.355 e. The quantitative estimate of drug-likeness (QED) is 0.247. The second-order valence-electron chi connectivity index (χ2n) is 9.99. The molecular formula is C33H32ClN3O3. The van der Waals surface area contributed by atoms with Crippen LogP contribution in [0.15, 0.2) is 91.0 Å². The van der Waals surface area contributed by atoms with E-state index in [2.05, 4.69) is 5.32 Å². The van der Waals surface area contributed by atoms with Crippen LogP contribution >= 0.6 is 11.6 Å². The van der Waals surface area contributed by atoms with Crippen LogP contribution in [0.3, 0.4) is 0 Å². The molecular weight excluding hydrogens is 522 g/mol. The van der Waals surface area contributed by atoms with Gasteiger partial charge in [-0.2, -0.15) is 0 Å². The molecule has 1 atom stereocenters. The third-order valence-corrected chi connectivity index (χ3v) is 7.52. The second-order valence-corrected chi connectivity index (χ2v) is 10.4. The molecule has 0 bridgehead atoms. The SMILES string of the molecule is CCNC(=O)[C@H](Cc1ccccc1)N(Cc1cccc(Cl)c1)C(=O)CCCN1C(=O)c2cccc3cccc1c23. The maximum atomic E-state index is 13.8. The molecule has 4 aromatic rings. The first-order valence-electron chi connectivity index (χ1n) is 13.7. The molecule has 1 heterocycles. The van der Waals surface area contributed by atoms with Gasteiger partial charge < -0.3 is 15.1 Å². The van der Waals surface area contributed by atoms with Crippen molar-refractivity contribution in [1.82, 2.24) is 10.2 Å². The third kappa shape index (κ3) is 5.87. The zero-order valence-electron chi connectivity index (χ0n) is 22.5. The van der Waals surface area contributed by atoms with Crippen molar-refractivity contribution in [3.8, 4) is 0 Å².